The van der Waals surface area contributed by atoms with Crippen LogP contribution in [0.4, 0.5) is 0 Å². The summed E-state index contributed by atoms with van der Waals surface area (Å²) < 4.78 is 11.4. The van der Waals surface area contributed by atoms with Gasteiger partial charge in [-0.1, -0.05) is 396 Å². The zero-order valence-corrected chi connectivity index (χ0v) is 60.1. The molecule has 1 rings (SSSR count). The van der Waals surface area contributed by atoms with Crippen molar-refractivity contribution in [2.75, 3.05) is 13.2 Å². The van der Waals surface area contributed by atoms with E-state index in [-0.39, 0.29) is 12.5 Å². The summed E-state index contributed by atoms with van der Waals surface area (Å²) in [5.41, 5.74) is 0. The van der Waals surface area contributed by atoms with Gasteiger partial charge in [-0.25, -0.2) is 0 Å². The molecule has 0 aliphatic carbocycles. The number of hydrogen-bond acceptors (Lipinski definition) is 8. The molecule has 0 saturated carbocycles. The number of carbonyl (C=O) groups is 1. The Balaban J connectivity index is 2.03. The zero-order valence-electron chi connectivity index (χ0n) is 60.1. The molecule has 1 heterocycles. The Morgan fingerprint density at radius 2 is 0.681 bits per heavy atom. The molecule has 0 radical (unpaired) electrons. The van der Waals surface area contributed by atoms with Crippen molar-refractivity contribution in [3.05, 3.63) is 60.8 Å². The van der Waals surface area contributed by atoms with Crippen LogP contribution in [0.5, 0.6) is 0 Å². The molecule has 1 aliphatic rings. The van der Waals surface area contributed by atoms with Crippen molar-refractivity contribution >= 4 is 5.91 Å². The summed E-state index contributed by atoms with van der Waals surface area (Å²) >= 11 is 0. The third-order valence-corrected chi connectivity index (χ3v) is 19.1. The first-order valence-corrected chi connectivity index (χ1v) is 40.0. The van der Waals surface area contributed by atoms with Crippen LogP contribution >= 0.6 is 0 Å². The van der Waals surface area contributed by atoms with Gasteiger partial charge in [-0.15, -0.1) is 0 Å². The molecule has 9 nitrogen and oxygen atoms in total. The molecule has 1 aliphatic heterocycles. The minimum atomic E-state index is -1.55. The van der Waals surface area contributed by atoms with Crippen LogP contribution in [-0.2, 0) is 14.3 Å². The summed E-state index contributed by atoms with van der Waals surface area (Å²) in [4.78, 5) is 13.2. The highest BCUT2D eigenvalue weighted by Crippen LogP contribution is 2.24. The highest BCUT2D eigenvalue weighted by atomic mass is 16.7. The number of nitrogens with one attached hydrogen (secondary N) is 1. The molecule has 0 aromatic heterocycles. The van der Waals surface area contributed by atoms with Crippen LogP contribution in [0.1, 0.15) is 399 Å². The van der Waals surface area contributed by atoms with Crippen molar-refractivity contribution in [2.24, 2.45) is 0 Å². The molecule has 534 valence electrons. The summed E-state index contributed by atoms with van der Waals surface area (Å²) in [5, 5.41) is 55.1. The first-order valence-electron chi connectivity index (χ1n) is 40.0. The van der Waals surface area contributed by atoms with Crippen LogP contribution in [-0.4, -0.2) is 87.5 Å². The van der Waals surface area contributed by atoms with E-state index in [1.807, 2.05) is 0 Å². The van der Waals surface area contributed by atoms with Crippen molar-refractivity contribution in [1.29, 1.82) is 0 Å². The molecule has 1 fully saturated rings. The van der Waals surface area contributed by atoms with Gasteiger partial charge in [-0.2, -0.15) is 0 Å². The van der Waals surface area contributed by atoms with Gasteiger partial charge in [0.25, 0.3) is 0 Å². The predicted molar refractivity (Wildman–Crippen MR) is 392 cm³/mol. The first-order chi connectivity index (χ1) is 44.8. The maximum absolute atomic E-state index is 13.2. The number of rotatable bonds is 71. The number of unbranched alkanes of at least 4 members (excludes halogenated alkanes) is 51. The number of aliphatic hydroxyl groups is 5. The Hall–Kier alpha value is -2.11. The topological polar surface area (TPSA) is 149 Å². The Morgan fingerprint density at radius 1 is 0.385 bits per heavy atom. The molecule has 0 aromatic carbocycles. The third-order valence-electron chi connectivity index (χ3n) is 19.1. The van der Waals surface area contributed by atoms with E-state index in [1.54, 1.807) is 0 Å². The van der Waals surface area contributed by atoms with E-state index in [0.717, 1.165) is 70.6 Å². The molecule has 1 saturated heterocycles. The lowest BCUT2D eigenvalue weighted by atomic mass is 9.99. The van der Waals surface area contributed by atoms with Crippen LogP contribution in [0.2, 0.25) is 0 Å². The van der Waals surface area contributed by atoms with Gasteiger partial charge in [-0.05, 0) is 57.8 Å². The number of carbonyl (C=O) groups excluding carboxylic acids is 1. The standard InChI is InChI=1S/C82H153NO8/c1-3-5-7-9-11-13-15-17-19-21-23-25-27-29-31-32-33-34-35-36-37-38-39-40-41-42-43-44-46-48-50-52-54-56-58-60-62-64-66-68-70-72-78(86)83-75(74-90-82-81(89)80(88)79(87)77(73-84)91-82)76(85)71-69-67-65-63-61-59-57-55-53-51-49-47-45-30-28-26-24-22-20-18-16-14-12-10-8-6-4-2/h5,7,11,13,17,19,23,25,29,31,75-77,79-82,84-85,87-89H,3-4,6,8-10,12,14-16,18,20-22,24,26-28,30,32-74H2,1-2H3,(H,83,86)/b7-5-,13-11-,19-17-,25-23-,31-29-. The molecule has 0 spiro atoms. The van der Waals surface area contributed by atoms with E-state index in [1.165, 1.54) is 302 Å². The smallest absolute Gasteiger partial charge is 0.220 e. The fourth-order valence-corrected chi connectivity index (χ4v) is 13.0. The van der Waals surface area contributed by atoms with Crippen molar-refractivity contribution in [3.63, 3.8) is 0 Å². The van der Waals surface area contributed by atoms with Gasteiger partial charge in [0.15, 0.2) is 6.29 Å². The third kappa shape index (κ3) is 58.9. The average Bonchev–Trinajstić information content (AvgIpc) is 1.58. The number of ether oxygens (including phenoxy) is 2. The van der Waals surface area contributed by atoms with Crippen molar-refractivity contribution < 1.29 is 39.8 Å². The molecule has 91 heavy (non-hydrogen) atoms. The summed E-state index contributed by atoms with van der Waals surface area (Å²) in [6, 6.07) is -0.720. The van der Waals surface area contributed by atoms with Crippen LogP contribution in [0.25, 0.3) is 0 Å². The van der Waals surface area contributed by atoms with Gasteiger partial charge in [0, 0.05) is 6.42 Å². The zero-order chi connectivity index (χ0) is 65.7. The first kappa shape index (κ1) is 86.9. The monoisotopic (exact) mass is 1280 g/mol. The highest BCUT2D eigenvalue weighted by molar-refractivity contribution is 5.76. The highest BCUT2D eigenvalue weighted by Gasteiger charge is 2.44. The van der Waals surface area contributed by atoms with E-state index in [4.69, 9.17) is 9.47 Å². The van der Waals surface area contributed by atoms with Crippen LogP contribution in [0, 0.1) is 0 Å². The van der Waals surface area contributed by atoms with Crippen LogP contribution in [0.15, 0.2) is 60.8 Å². The lowest BCUT2D eigenvalue weighted by Crippen LogP contribution is -2.60. The van der Waals surface area contributed by atoms with Crippen molar-refractivity contribution in [3.8, 4) is 0 Å². The molecule has 7 atom stereocenters. The molecular weight excluding hydrogens is 1130 g/mol. The maximum Gasteiger partial charge on any atom is 0.220 e. The Bertz CT molecular complexity index is 1630. The molecule has 1 amide bonds. The second-order valence-corrected chi connectivity index (χ2v) is 27.8. The Morgan fingerprint density at radius 3 is 1.01 bits per heavy atom. The summed E-state index contributed by atoms with van der Waals surface area (Å²) in [7, 11) is 0. The normalized spacial score (nSPS) is 18.0. The van der Waals surface area contributed by atoms with Gasteiger partial charge >= 0.3 is 0 Å². The molecule has 0 bridgehead atoms. The van der Waals surface area contributed by atoms with Gasteiger partial charge in [0.2, 0.25) is 5.91 Å². The largest absolute Gasteiger partial charge is 0.394 e. The molecule has 7 unspecified atom stereocenters. The quantitative estimate of drug-likeness (QED) is 0.0261. The second kappa shape index (κ2) is 70.7. The van der Waals surface area contributed by atoms with Crippen LogP contribution < -0.4 is 5.32 Å². The summed E-state index contributed by atoms with van der Waals surface area (Å²) in [5.74, 6) is -0.135. The van der Waals surface area contributed by atoms with E-state index in [2.05, 4.69) is 79.9 Å². The Kier molecular flexibility index (Phi) is 67.5. The van der Waals surface area contributed by atoms with E-state index >= 15 is 0 Å². The van der Waals surface area contributed by atoms with Gasteiger partial charge in [0.05, 0.1) is 25.4 Å². The number of allylic oxidation sites excluding steroid dienone is 10. The lowest BCUT2D eigenvalue weighted by molar-refractivity contribution is -0.302. The van der Waals surface area contributed by atoms with Gasteiger partial charge in [-0.3, -0.25) is 4.79 Å². The van der Waals surface area contributed by atoms with Crippen molar-refractivity contribution in [1.82, 2.24) is 5.32 Å². The number of aliphatic hydroxyl groups excluding tert-OH is 5. The Labute approximate surface area is 564 Å². The van der Waals surface area contributed by atoms with Gasteiger partial charge in [0.1, 0.15) is 24.4 Å². The molecule has 9 heteroatoms. The van der Waals surface area contributed by atoms with Crippen molar-refractivity contribution in [2.45, 2.75) is 442 Å². The molecular formula is C82H153NO8. The SMILES string of the molecule is CC/C=C\C/C=C\C/C=C\C/C=C\C/C=C\CCCCCCCCCCCCCCCCCCCCCCCCCCCC(=O)NC(COC1OC(CO)C(O)C(O)C1O)C(O)CCCCCCCCCCCCCCCCCCCCCCCCCCCCC. The maximum atomic E-state index is 13.2. The molecule has 0 aromatic rings. The minimum absolute atomic E-state index is 0.134. The summed E-state index contributed by atoms with van der Waals surface area (Å²) in [6.07, 6.45) is 91.9. The van der Waals surface area contributed by atoms with Gasteiger partial charge < -0.3 is 40.3 Å². The number of hydrogen-bond donors (Lipinski definition) is 6. The lowest BCUT2D eigenvalue weighted by Gasteiger charge is -2.40. The summed E-state index contributed by atoms with van der Waals surface area (Å²) in [6.45, 7) is 3.78. The van der Waals surface area contributed by atoms with Crippen LogP contribution in [0.3, 0.4) is 0 Å². The molecule has 6 N–H and O–H groups in total. The fraction of sp³-hybridized carbons (Fsp3) is 0.866. The number of amides is 1. The van der Waals surface area contributed by atoms with E-state index in [0.29, 0.717) is 12.8 Å². The van der Waals surface area contributed by atoms with E-state index < -0.39 is 49.5 Å². The van der Waals surface area contributed by atoms with E-state index in [9.17, 15) is 30.3 Å². The fourth-order valence-electron chi connectivity index (χ4n) is 13.0. The average molecular weight is 1280 g/mol. The minimum Gasteiger partial charge on any atom is -0.394 e. The second-order valence-electron chi connectivity index (χ2n) is 27.8. The predicted octanol–water partition coefficient (Wildman–Crippen LogP) is 22.9.